The van der Waals surface area contributed by atoms with Gasteiger partial charge in [0.05, 0.1) is 25.4 Å². The third-order valence-corrected chi connectivity index (χ3v) is 5.23. The van der Waals surface area contributed by atoms with Crippen LogP contribution in [0.2, 0.25) is 0 Å². The van der Waals surface area contributed by atoms with Gasteiger partial charge in [-0.05, 0) is 48.4 Å². The van der Waals surface area contributed by atoms with Gasteiger partial charge in [0.1, 0.15) is 17.7 Å². The smallest absolute Gasteiger partial charge is 0.337 e. The monoisotopic (exact) mass is 420 g/mol. The molecule has 0 aliphatic rings. The van der Waals surface area contributed by atoms with Gasteiger partial charge in [-0.2, -0.15) is 5.26 Å². The second-order valence-corrected chi connectivity index (χ2v) is 7.21. The fraction of sp³-hybridized carbons (Fsp3) is 0.174. The van der Waals surface area contributed by atoms with Crippen LogP contribution >= 0.6 is 11.3 Å². The van der Waals surface area contributed by atoms with E-state index in [1.807, 2.05) is 36.6 Å². The summed E-state index contributed by atoms with van der Waals surface area (Å²) < 4.78 is 16.0. The van der Waals surface area contributed by atoms with Crippen LogP contribution in [-0.4, -0.2) is 25.2 Å². The molecule has 7 heteroatoms. The van der Waals surface area contributed by atoms with E-state index >= 15 is 0 Å². The molecule has 152 valence electrons. The lowest BCUT2D eigenvalue weighted by atomic mass is 10.1. The summed E-state index contributed by atoms with van der Waals surface area (Å²) in [7, 11) is 2.91. The van der Waals surface area contributed by atoms with E-state index in [0.717, 1.165) is 16.8 Å². The van der Waals surface area contributed by atoms with Crippen LogP contribution < -0.4 is 9.47 Å². The number of allylic oxidation sites excluding steroid dienone is 1. The van der Waals surface area contributed by atoms with Crippen molar-refractivity contribution in [3.05, 3.63) is 75.2 Å². The minimum atomic E-state index is -0.377. The SMILES string of the molecule is COC(=O)c1ccc(COc2ccc(/C=C(\C#N)c3nc(C)cs3)cc2OC)cc1. The predicted molar refractivity (Wildman–Crippen MR) is 115 cm³/mol. The first kappa shape index (κ1) is 21.1. The van der Waals surface area contributed by atoms with Gasteiger partial charge in [-0.3, -0.25) is 0 Å². The van der Waals surface area contributed by atoms with Crippen LogP contribution in [0.25, 0.3) is 11.6 Å². The second-order valence-electron chi connectivity index (χ2n) is 6.35. The zero-order chi connectivity index (χ0) is 21.5. The minimum Gasteiger partial charge on any atom is -0.493 e. The number of hydrogen-bond donors (Lipinski definition) is 0. The molecule has 1 heterocycles. The summed E-state index contributed by atoms with van der Waals surface area (Å²) in [5.74, 6) is 0.760. The number of hydrogen-bond acceptors (Lipinski definition) is 7. The average Bonchev–Trinajstić information content (AvgIpc) is 3.22. The molecule has 30 heavy (non-hydrogen) atoms. The fourth-order valence-corrected chi connectivity index (χ4v) is 3.46. The van der Waals surface area contributed by atoms with Crippen molar-refractivity contribution in [2.45, 2.75) is 13.5 Å². The van der Waals surface area contributed by atoms with E-state index in [9.17, 15) is 10.1 Å². The lowest BCUT2D eigenvalue weighted by molar-refractivity contribution is 0.0600. The molecule has 3 aromatic rings. The van der Waals surface area contributed by atoms with E-state index < -0.39 is 0 Å². The van der Waals surface area contributed by atoms with E-state index in [-0.39, 0.29) is 5.97 Å². The number of aromatic nitrogens is 1. The Kier molecular flexibility index (Phi) is 6.83. The summed E-state index contributed by atoms with van der Waals surface area (Å²) >= 11 is 1.44. The molecule has 0 bridgehead atoms. The summed E-state index contributed by atoms with van der Waals surface area (Å²) in [5.41, 5.74) is 3.58. The molecule has 0 atom stereocenters. The molecule has 2 aromatic carbocycles. The lowest BCUT2D eigenvalue weighted by Crippen LogP contribution is -2.02. The number of aryl methyl sites for hydroxylation is 1. The highest BCUT2D eigenvalue weighted by Crippen LogP contribution is 2.31. The molecule has 1 aromatic heterocycles. The molecule has 0 fully saturated rings. The normalized spacial score (nSPS) is 10.9. The van der Waals surface area contributed by atoms with Crippen molar-refractivity contribution in [2.24, 2.45) is 0 Å². The Balaban J connectivity index is 1.75. The van der Waals surface area contributed by atoms with Gasteiger partial charge in [-0.15, -0.1) is 11.3 Å². The number of nitrogens with zero attached hydrogens (tertiary/aromatic N) is 2. The zero-order valence-corrected chi connectivity index (χ0v) is 17.7. The maximum atomic E-state index is 11.5. The molecular formula is C23H20N2O4S. The fourth-order valence-electron chi connectivity index (χ4n) is 2.70. The largest absolute Gasteiger partial charge is 0.493 e. The Labute approximate surface area is 179 Å². The maximum Gasteiger partial charge on any atom is 0.337 e. The number of benzene rings is 2. The van der Waals surface area contributed by atoms with Crippen molar-refractivity contribution in [2.75, 3.05) is 14.2 Å². The molecule has 0 aliphatic carbocycles. The average molecular weight is 420 g/mol. The number of carbonyl (C=O) groups is 1. The van der Waals surface area contributed by atoms with E-state index in [1.165, 1.54) is 18.4 Å². The summed E-state index contributed by atoms with van der Waals surface area (Å²) in [6.45, 7) is 2.21. The van der Waals surface area contributed by atoms with Gasteiger partial charge < -0.3 is 14.2 Å². The van der Waals surface area contributed by atoms with Crippen LogP contribution in [0.4, 0.5) is 0 Å². The molecule has 3 rings (SSSR count). The molecule has 0 saturated carbocycles. The van der Waals surface area contributed by atoms with Gasteiger partial charge in [0, 0.05) is 11.1 Å². The van der Waals surface area contributed by atoms with Crippen LogP contribution in [-0.2, 0) is 11.3 Å². The van der Waals surface area contributed by atoms with Crippen LogP contribution in [0.1, 0.15) is 32.2 Å². The Morgan fingerprint density at radius 2 is 1.93 bits per heavy atom. The van der Waals surface area contributed by atoms with Crippen molar-refractivity contribution in [3.8, 4) is 17.6 Å². The van der Waals surface area contributed by atoms with Gasteiger partial charge in [-0.1, -0.05) is 18.2 Å². The predicted octanol–water partition coefficient (Wildman–Crippen LogP) is 4.89. The van der Waals surface area contributed by atoms with Crippen molar-refractivity contribution in [3.63, 3.8) is 0 Å². The van der Waals surface area contributed by atoms with Crippen LogP contribution in [0, 0.1) is 18.3 Å². The molecule has 0 unspecified atom stereocenters. The highest BCUT2D eigenvalue weighted by atomic mass is 32.1. The second kappa shape index (κ2) is 9.72. The lowest BCUT2D eigenvalue weighted by Gasteiger charge is -2.12. The summed E-state index contributed by atoms with van der Waals surface area (Å²) in [5, 5.41) is 12.1. The van der Waals surface area contributed by atoms with E-state index in [0.29, 0.717) is 34.3 Å². The third kappa shape index (κ3) is 5.04. The molecule has 0 amide bonds. The van der Waals surface area contributed by atoms with Crippen LogP contribution in [0.5, 0.6) is 11.5 Å². The quantitative estimate of drug-likeness (QED) is 0.400. The van der Waals surface area contributed by atoms with Crippen molar-refractivity contribution >= 4 is 29.0 Å². The molecule has 0 N–H and O–H groups in total. The van der Waals surface area contributed by atoms with Crippen molar-refractivity contribution in [1.82, 2.24) is 4.98 Å². The topological polar surface area (TPSA) is 81.4 Å². The maximum absolute atomic E-state index is 11.5. The molecule has 0 radical (unpaired) electrons. The molecule has 0 spiro atoms. The number of methoxy groups -OCH3 is 2. The first-order valence-electron chi connectivity index (χ1n) is 9.06. The number of thiazole rings is 1. The Morgan fingerprint density at radius 3 is 2.53 bits per heavy atom. The van der Waals surface area contributed by atoms with Crippen LogP contribution in [0.3, 0.4) is 0 Å². The first-order chi connectivity index (χ1) is 14.5. The molecule has 6 nitrogen and oxygen atoms in total. The standard InChI is InChI=1S/C23H20N2O4S/c1-15-14-30-22(25-15)19(12-24)10-17-6-9-20(21(11-17)27-2)29-13-16-4-7-18(8-5-16)23(26)28-3/h4-11,14H,13H2,1-3H3/b19-10+. The van der Waals surface area contributed by atoms with Gasteiger partial charge in [0.15, 0.2) is 11.5 Å². The Bertz CT molecular complexity index is 1110. The highest BCUT2D eigenvalue weighted by Gasteiger charge is 2.10. The Morgan fingerprint density at radius 1 is 1.17 bits per heavy atom. The van der Waals surface area contributed by atoms with Gasteiger partial charge in [-0.25, -0.2) is 9.78 Å². The van der Waals surface area contributed by atoms with Gasteiger partial charge in [0.25, 0.3) is 0 Å². The number of carbonyl (C=O) groups excluding carboxylic acids is 1. The number of rotatable bonds is 7. The molecule has 0 saturated heterocycles. The number of ether oxygens (including phenoxy) is 3. The molecular weight excluding hydrogens is 400 g/mol. The number of nitriles is 1. The Hall–Kier alpha value is -3.63. The number of esters is 1. The summed E-state index contributed by atoms with van der Waals surface area (Å²) in [6, 6.07) is 14.7. The summed E-state index contributed by atoms with van der Waals surface area (Å²) in [6.07, 6.45) is 1.77. The molecule has 0 aliphatic heterocycles. The van der Waals surface area contributed by atoms with Crippen LogP contribution in [0.15, 0.2) is 47.8 Å². The van der Waals surface area contributed by atoms with Gasteiger partial charge >= 0.3 is 5.97 Å². The van der Waals surface area contributed by atoms with Crippen molar-refractivity contribution < 1.29 is 19.0 Å². The zero-order valence-electron chi connectivity index (χ0n) is 16.8. The van der Waals surface area contributed by atoms with E-state index in [1.54, 1.807) is 31.4 Å². The minimum absolute atomic E-state index is 0.314. The van der Waals surface area contributed by atoms with Crippen molar-refractivity contribution in [1.29, 1.82) is 5.26 Å². The first-order valence-corrected chi connectivity index (χ1v) is 9.94. The van der Waals surface area contributed by atoms with E-state index in [4.69, 9.17) is 14.2 Å². The van der Waals surface area contributed by atoms with Gasteiger partial charge in [0.2, 0.25) is 0 Å². The highest BCUT2D eigenvalue weighted by molar-refractivity contribution is 7.11. The summed E-state index contributed by atoms with van der Waals surface area (Å²) in [4.78, 5) is 15.9. The third-order valence-electron chi connectivity index (χ3n) is 4.24. The van der Waals surface area contributed by atoms with E-state index in [2.05, 4.69) is 11.1 Å².